The molecule has 0 bridgehead atoms. The first-order valence-electron chi connectivity index (χ1n) is 7.22. The van der Waals surface area contributed by atoms with Gasteiger partial charge in [-0.05, 0) is 55.5 Å². The number of hydrogen-bond acceptors (Lipinski definition) is 4. The summed E-state index contributed by atoms with van der Waals surface area (Å²) in [6, 6.07) is 8.25. The number of anilines is 1. The Morgan fingerprint density at radius 2 is 2.09 bits per heavy atom. The number of thioether (sulfide) groups is 1. The summed E-state index contributed by atoms with van der Waals surface area (Å²) in [6.45, 7) is 5.60. The number of hydrogen-bond donors (Lipinski definition) is 1. The van der Waals surface area contributed by atoms with Crippen molar-refractivity contribution in [3.63, 3.8) is 0 Å². The van der Waals surface area contributed by atoms with Crippen LogP contribution in [-0.4, -0.2) is 11.7 Å². The van der Waals surface area contributed by atoms with Gasteiger partial charge in [-0.1, -0.05) is 6.07 Å². The summed E-state index contributed by atoms with van der Waals surface area (Å²) < 4.78 is 5.36. The van der Waals surface area contributed by atoms with Crippen LogP contribution in [-0.2, 0) is 16.9 Å². The van der Waals surface area contributed by atoms with Crippen molar-refractivity contribution in [2.45, 2.75) is 43.4 Å². The standard InChI is InChI=1S/C17H19NO2S2/c1-17(2,3)20-16(19)18-13-5-4-6-14-12(13)9-15-11(10-22-14)7-8-21-15/h4-8H,9-10H2,1-3H3,(H,18,19). The minimum atomic E-state index is -0.495. The first kappa shape index (κ1) is 15.4. The first-order valence-corrected chi connectivity index (χ1v) is 9.09. The monoisotopic (exact) mass is 333 g/mol. The van der Waals surface area contributed by atoms with E-state index in [1.807, 2.05) is 44.7 Å². The van der Waals surface area contributed by atoms with Crippen LogP contribution in [0.2, 0.25) is 0 Å². The third-order valence-electron chi connectivity index (χ3n) is 3.33. The summed E-state index contributed by atoms with van der Waals surface area (Å²) in [5.74, 6) is 0.988. The Labute approximate surface area is 139 Å². The molecule has 0 unspecified atom stereocenters. The van der Waals surface area contributed by atoms with Crippen molar-refractivity contribution in [3.8, 4) is 0 Å². The van der Waals surface area contributed by atoms with Gasteiger partial charge in [0.2, 0.25) is 0 Å². The number of benzene rings is 1. The lowest BCUT2D eigenvalue weighted by atomic mass is 10.1. The van der Waals surface area contributed by atoms with Crippen LogP contribution < -0.4 is 5.32 Å². The van der Waals surface area contributed by atoms with E-state index in [0.29, 0.717) is 0 Å². The Balaban J connectivity index is 1.87. The molecule has 5 heteroatoms. The minimum absolute atomic E-state index is 0.401. The molecule has 116 valence electrons. The van der Waals surface area contributed by atoms with Gasteiger partial charge in [0.25, 0.3) is 0 Å². The number of ether oxygens (including phenoxy) is 1. The summed E-state index contributed by atoms with van der Waals surface area (Å²) in [4.78, 5) is 14.7. The summed E-state index contributed by atoms with van der Waals surface area (Å²) in [7, 11) is 0. The molecule has 1 aliphatic rings. The maximum Gasteiger partial charge on any atom is 0.412 e. The van der Waals surface area contributed by atoms with E-state index in [2.05, 4.69) is 22.8 Å². The van der Waals surface area contributed by atoms with E-state index in [9.17, 15) is 4.79 Å². The molecule has 22 heavy (non-hydrogen) atoms. The molecule has 2 aromatic rings. The lowest BCUT2D eigenvalue weighted by Crippen LogP contribution is -2.27. The van der Waals surface area contributed by atoms with Crippen LogP contribution in [0.5, 0.6) is 0 Å². The van der Waals surface area contributed by atoms with Crippen LogP contribution in [0, 0.1) is 0 Å². The number of amides is 1. The maximum atomic E-state index is 12.1. The molecule has 3 rings (SSSR count). The van der Waals surface area contributed by atoms with Gasteiger partial charge in [0.1, 0.15) is 5.60 Å². The van der Waals surface area contributed by atoms with Gasteiger partial charge >= 0.3 is 6.09 Å². The topological polar surface area (TPSA) is 38.3 Å². The molecule has 0 atom stereocenters. The molecule has 0 fully saturated rings. The molecule has 2 heterocycles. The molecule has 0 spiro atoms. The molecule has 3 nitrogen and oxygen atoms in total. The van der Waals surface area contributed by atoms with E-state index >= 15 is 0 Å². The number of carbonyl (C=O) groups is 1. The van der Waals surface area contributed by atoms with Crippen molar-refractivity contribution >= 4 is 34.9 Å². The smallest absolute Gasteiger partial charge is 0.412 e. The second-order valence-electron chi connectivity index (χ2n) is 6.24. The highest BCUT2D eigenvalue weighted by Crippen LogP contribution is 2.39. The normalized spacial score (nSPS) is 13.8. The van der Waals surface area contributed by atoms with E-state index in [-0.39, 0.29) is 0 Å². The van der Waals surface area contributed by atoms with Gasteiger partial charge in [-0.3, -0.25) is 5.32 Å². The van der Waals surface area contributed by atoms with Crippen LogP contribution in [0.25, 0.3) is 0 Å². The van der Waals surface area contributed by atoms with Crippen LogP contribution in [0.3, 0.4) is 0 Å². The van der Waals surface area contributed by atoms with Crippen molar-refractivity contribution in [1.82, 2.24) is 0 Å². The largest absolute Gasteiger partial charge is 0.444 e. The van der Waals surface area contributed by atoms with E-state index in [4.69, 9.17) is 4.74 Å². The number of fused-ring (bicyclic) bond motifs is 2. The van der Waals surface area contributed by atoms with Gasteiger partial charge in [0, 0.05) is 27.6 Å². The second kappa shape index (κ2) is 5.97. The highest BCUT2D eigenvalue weighted by atomic mass is 32.2. The van der Waals surface area contributed by atoms with E-state index in [0.717, 1.165) is 17.9 Å². The average molecular weight is 333 g/mol. The fourth-order valence-electron chi connectivity index (χ4n) is 2.38. The van der Waals surface area contributed by atoms with Crippen molar-refractivity contribution in [2.24, 2.45) is 0 Å². The zero-order chi connectivity index (χ0) is 15.7. The fraction of sp³-hybridized carbons (Fsp3) is 0.353. The maximum absolute atomic E-state index is 12.1. The van der Waals surface area contributed by atoms with Crippen molar-refractivity contribution < 1.29 is 9.53 Å². The third kappa shape index (κ3) is 3.47. The summed E-state index contributed by atoms with van der Waals surface area (Å²) in [5, 5.41) is 5.05. The Morgan fingerprint density at radius 1 is 1.27 bits per heavy atom. The van der Waals surface area contributed by atoms with E-state index in [1.165, 1.54) is 20.9 Å². The van der Waals surface area contributed by atoms with Crippen LogP contribution in [0.4, 0.5) is 10.5 Å². The molecule has 1 aromatic carbocycles. The lowest BCUT2D eigenvalue weighted by Gasteiger charge is -2.21. The number of rotatable bonds is 1. The molecule has 0 saturated heterocycles. The minimum Gasteiger partial charge on any atom is -0.444 e. The molecule has 0 radical (unpaired) electrons. The highest BCUT2D eigenvalue weighted by molar-refractivity contribution is 7.98. The third-order valence-corrected chi connectivity index (χ3v) is 5.44. The van der Waals surface area contributed by atoms with Crippen molar-refractivity contribution in [3.05, 3.63) is 45.6 Å². The Bertz CT molecular complexity index is 701. The predicted octanol–water partition coefficient (Wildman–Crippen LogP) is 5.29. The molecule has 0 aliphatic carbocycles. The predicted molar refractivity (Wildman–Crippen MR) is 93.0 cm³/mol. The lowest BCUT2D eigenvalue weighted by molar-refractivity contribution is 0.0636. The Kier molecular flexibility index (Phi) is 4.19. The molecule has 1 aliphatic heterocycles. The van der Waals surface area contributed by atoms with Gasteiger partial charge < -0.3 is 4.74 Å². The number of thiophene rings is 1. The van der Waals surface area contributed by atoms with Crippen LogP contribution in [0.15, 0.2) is 34.5 Å². The van der Waals surface area contributed by atoms with Gasteiger partial charge in [-0.25, -0.2) is 4.79 Å². The van der Waals surface area contributed by atoms with Gasteiger partial charge in [0.15, 0.2) is 0 Å². The fourth-order valence-corrected chi connectivity index (χ4v) is 4.50. The van der Waals surface area contributed by atoms with E-state index in [1.54, 1.807) is 11.3 Å². The summed E-state index contributed by atoms with van der Waals surface area (Å²) in [6.07, 6.45) is 0.461. The molecular weight excluding hydrogens is 314 g/mol. The SMILES string of the molecule is CC(C)(C)OC(=O)Nc1cccc2c1Cc1sccc1CS2. The number of carbonyl (C=O) groups excluding carboxylic acids is 1. The average Bonchev–Trinajstić information content (AvgIpc) is 2.77. The van der Waals surface area contributed by atoms with Gasteiger partial charge in [0.05, 0.1) is 0 Å². The Hall–Kier alpha value is -1.46. The molecule has 1 aromatic heterocycles. The first-order chi connectivity index (χ1) is 10.4. The molecular formula is C17H19NO2S2. The number of nitrogens with one attached hydrogen (secondary N) is 1. The van der Waals surface area contributed by atoms with E-state index < -0.39 is 11.7 Å². The second-order valence-corrected chi connectivity index (χ2v) is 8.26. The van der Waals surface area contributed by atoms with Gasteiger partial charge in [-0.15, -0.1) is 23.1 Å². The summed E-state index contributed by atoms with van der Waals surface area (Å²) in [5.41, 5.74) is 2.93. The highest BCUT2D eigenvalue weighted by Gasteiger charge is 2.21. The molecule has 0 saturated carbocycles. The summed E-state index contributed by atoms with van der Waals surface area (Å²) >= 11 is 3.61. The van der Waals surface area contributed by atoms with Crippen molar-refractivity contribution in [2.75, 3.05) is 5.32 Å². The quantitative estimate of drug-likeness (QED) is 0.770. The zero-order valence-electron chi connectivity index (χ0n) is 12.9. The van der Waals surface area contributed by atoms with Gasteiger partial charge in [-0.2, -0.15) is 0 Å². The zero-order valence-corrected chi connectivity index (χ0v) is 14.6. The van der Waals surface area contributed by atoms with Crippen LogP contribution in [0.1, 0.15) is 36.8 Å². The molecule has 1 N–H and O–H groups in total. The van der Waals surface area contributed by atoms with Crippen molar-refractivity contribution in [1.29, 1.82) is 0 Å². The Morgan fingerprint density at radius 3 is 2.86 bits per heavy atom. The van der Waals surface area contributed by atoms with Crippen LogP contribution >= 0.6 is 23.1 Å². The molecule has 1 amide bonds.